The Morgan fingerprint density at radius 3 is 2.68 bits per heavy atom. The molecule has 2 aromatic rings. The lowest BCUT2D eigenvalue weighted by Crippen LogP contribution is -2.32. The number of nitrogens with one attached hydrogen (secondary N) is 1. The van der Waals surface area contributed by atoms with Crippen LogP contribution in [0.4, 0.5) is 0 Å². The highest BCUT2D eigenvalue weighted by atomic mass is 15.4. The number of hydrazine groups is 1. The molecular weight excluding hydrogens is 242 g/mol. The van der Waals surface area contributed by atoms with Crippen LogP contribution in [0.3, 0.4) is 0 Å². The fourth-order valence-electron chi connectivity index (χ4n) is 2.38. The molecule has 0 radical (unpaired) electrons. The van der Waals surface area contributed by atoms with Crippen LogP contribution >= 0.6 is 0 Å². The van der Waals surface area contributed by atoms with Gasteiger partial charge in [-0.1, -0.05) is 6.92 Å². The van der Waals surface area contributed by atoms with E-state index in [4.69, 9.17) is 5.84 Å². The van der Waals surface area contributed by atoms with Gasteiger partial charge in [0, 0.05) is 24.8 Å². The molecule has 7 heteroatoms. The van der Waals surface area contributed by atoms with Crippen LogP contribution < -0.4 is 11.3 Å². The Kier molecular flexibility index (Phi) is 3.96. The SMILES string of the molecule is CCCn1ncnc1C(NN)c1c(C)nn(C)c1C. The Bertz CT molecular complexity index is 554. The average Bonchev–Trinajstić information content (AvgIpc) is 2.91. The minimum absolute atomic E-state index is 0.192. The van der Waals surface area contributed by atoms with Gasteiger partial charge in [0.25, 0.3) is 0 Å². The Labute approximate surface area is 112 Å². The normalized spacial score (nSPS) is 12.9. The molecule has 0 saturated heterocycles. The molecule has 0 spiro atoms. The minimum atomic E-state index is -0.192. The molecule has 0 fully saturated rings. The highest BCUT2D eigenvalue weighted by molar-refractivity contribution is 5.32. The van der Waals surface area contributed by atoms with Crippen molar-refractivity contribution in [3.05, 3.63) is 29.1 Å². The summed E-state index contributed by atoms with van der Waals surface area (Å²) in [5, 5.41) is 8.68. The van der Waals surface area contributed by atoms with Gasteiger partial charge in [0.15, 0.2) is 0 Å². The third-order valence-electron chi connectivity index (χ3n) is 3.36. The second-order valence-electron chi connectivity index (χ2n) is 4.65. The quantitative estimate of drug-likeness (QED) is 0.609. The summed E-state index contributed by atoms with van der Waals surface area (Å²) in [6, 6.07) is -0.192. The van der Waals surface area contributed by atoms with Crippen molar-refractivity contribution in [1.82, 2.24) is 30.0 Å². The van der Waals surface area contributed by atoms with Gasteiger partial charge in [0.05, 0.1) is 5.69 Å². The topological polar surface area (TPSA) is 86.6 Å². The standard InChI is InChI=1S/C12H21N7/c1-5-6-19-12(14-7-15-19)11(16-13)10-8(2)17-18(4)9(10)3/h7,11,16H,5-6,13H2,1-4H3. The number of nitrogens with zero attached hydrogens (tertiary/aromatic N) is 5. The summed E-state index contributed by atoms with van der Waals surface area (Å²) in [6.45, 7) is 6.94. The van der Waals surface area contributed by atoms with Crippen molar-refractivity contribution in [1.29, 1.82) is 0 Å². The van der Waals surface area contributed by atoms with E-state index in [1.165, 1.54) is 0 Å². The maximum Gasteiger partial charge on any atom is 0.150 e. The van der Waals surface area contributed by atoms with Crippen molar-refractivity contribution in [2.24, 2.45) is 12.9 Å². The van der Waals surface area contributed by atoms with Crippen molar-refractivity contribution in [2.45, 2.75) is 39.8 Å². The molecule has 2 rings (SSSR count). The molecule has 1 unspecified atom stereocenters. The molecule has 0 aliphatic heterocycles. The van der Waals surface area contributed by atoms with Gasteiger partial charge < -0.3 is 0 Å². The Morgan fingerprint density at radius 2 is 2.16 bits per heavy atom. The number of rotatable bonds is 5. The van der Waals surface area contributed by atoms with Crippen LogP contribution in [0.25, 0.3) is 0 Å². The molecule has 2 aromatic heterocycles. The molecule has 0 aliphatic carbocycles. The van der Waals surface area contributed by atoms with Crippen LogP contribution in [-0.2, 0) is 13.6 Å². The molecule has 1 atom stereocenters. The van der Waals surface area contributed by atoms with E-state index >= 15 is 0 Å². The van der Waals surface area contributed by atoms with E-state index in [2.05, 4.69) is 27.5 Å². The molecule has 0 amide bonds. The molecule has 7 nitrogen and oxygen atoms in total. The van der Waals surface area contributed by atoms with E-state index in [9.17, 15) is 0 Å². The van der Waals surface area contributed by atoms with Crippen molar-refractivity contribution in [3.8, 4) is 0 Å². The van der Waals surface area contributed by atoms with E-state index in [1.54, 1.807) is 6.33 Å². The van der Waals surface area contributed by atoms with Crippen molar-refractivity contribution < 1.29 is 0 Å². The maximum atomic E-state index is 5.74. The first-order valence-electron chi connectivity index (χ1n) is 6.44. The fourth-order valence-corrected chi connectivity index (χ4v) is 2.38. The van der Waals surface area contributed by atoms with Gasteiger partial charge in [0.1, 0.15) is 18.2 Å². The number of aromatic nitrogens is 5. The van der Waals surface area contributed by atoms with E-state index in [1.807, 2.05) is 30.3 Å². The summed E-state index contributed by atoms with van der Waals surface area (Å²) in [6.07, 6.45) is 2.56. The second-order valence-corrected chi connectivity index (χ2v) is 4.65. The summed E-state index contributed by atoms with van der Waals surface area (Å²) in [5.41, 5.74) is 5.93. The molecule has 0 aliphatic rings. The smallest absolute Gasteiger partial charge is 0.150 e. The fraction of sp³-hybridized carbons (Fsp3) is 0.583. The van der Waals surface area contributed by atoms with Gasteiger partial charge in [0.2, 0.25) is 0 Å². The molecule has 19 heavy (non-hydrogen) atoms. The zero-order chi connectivity index (χ0) is 14.0. The lowest BCUT2D eigenvalue weighted by atomic mass is 10.0. The second kappa shape index (κ2) is 5.50. The predicted molar refractivity (Wildman–Crippen MR) is 72.2 cm³/mol. The maximum absolute atomic E-state index is 5.74. The zero-order valence-electron chi connectivity index (χ0n) is 11.9. The minimum Gasteiger partial charge on any atom is -0.272 e. The van der Waals surface area contributed by atoms with Gasteiger partial charge in [-0.25, -0.2) is 15.1 Å². The third kappa shape index (κ3) is 2.39. The molecule has 0 bridgehead atoms. The van der Waals surface area contributed by atoms with Crippen molar-refractivity contribution in [2.75, 3.05) is 0 Å². The first-order chi connectivity index (χ1) is 9.10. The van der Waals surface area contributed by atoms with Crippen LogP contribution in [0.5, 0.6) is 0 Å². The summed E-state index contributed by atoms with van der Waals surface area (Å²) < 4.78 is 3.74. The Balaban J connectivity index is 2.47. The summed E-state index contributed by atoms with van der Waals surface area (Å²) in [7, 11) is 1.93. The molecule has 104 valence electrons. The molecule has 2 heterocycles. The van der Waals surface area contributed by atoms with Crippen LogP contribution in [0.15, 0.2) is 6.33 Å². The Morgan fingerprint density at radius 1 is 1.42 bits per heavy atom. The Hall–Kier alpha value is -1.73. The average molecular weight is 263 g/mol. The van der Waals surface area contributed by atoms with Gasteiger partial charge in [-0.05, 0) is 20.3 Å². The van der Waals surface area contributed by atoms with Crippen LogP contribution in [0.1, 0.15) is 42.2 Å². The predicted octanol–water partition coefficient (Wildman–Crippen LogP) is 0.591. The molecule has 0 aromatic carbocycles. The van der Waals surface area contributed by atoms with E-state index in [0.717, 1.165) is 35.7 Å². The molecule has 0 saturated carbocycles. The number of nitrogens with two attached hydrogens (primary N) is 1. The van der Waals surface area contributed by atoms with Gasteiger partial charge >= 0.3 is 0 Å². The van der Waals surface area contributed by atoms with Crippen molar-refractivity contribution >= 4 is 0 Å². The van der Waals surface area contributed by atoms with Gasteiger partial charge in [-0.3, -0.25) is 10.5 Å². The highest BCUT2D eigenvalue weighted by Gasteiger charge is 2.24. The van der Waals surface area contributed by atoms with Crippen LogP contribution in [0, 0.1) is 13.8 Å². The number of hydrogen-bond acceptors (Lipinski definition) is 5. The van der Waals surface area contributed by atoms with Crippen LogP contribution in [-0.4, -0.2) is 24.5 Å². The lowest BCUT2D eigenvalue weighted by molar-refractivity contribution is 0.509. The lowest BCUT2D eigenvalue weighted by Gasteiger charge is -2.17. The summed E-state index contributed by atoms with van der Waals surface area (Å²) in [4.78, 5) is 4.35. The number of aryl methyl sites for hydroxylation is 3. The number of hydrogen-bond donors (Lipinski definition) is 2. The van der Waals surface area contributed by atoms with Gasteiger partial charge in [-0.2, -0.15) is 10.2 Å². The highest BCUT2D eigenvalue weighted by Crippen LogP contribution is 2.25. The monoisotopic (exact) mass is 263 g/mol. The molecular formula is C12H21N7. The molecule has 3 N–H and O–H groups in total. The largest absolute Gasteiger partial charge is 0.272 e. The van der Waals surface area contributed by atoms with E-state index in [0.29, 0.717) is 0 Å². The van der Waals surface area contributed by atoms with Gasteiger partial charge in [-0.15, -0.1) is 0 Å². The summed E-state index contributed by atoms with van der Waals surface area (Å²) in [5.74, 6) is 6.56. The third-order valence-corrected chi connectivity index (χ3v) is 3.36. The zero-order valence-corrected chi connectivity index (χ0v) is 11.9. The summed E-state index contributed by atoms with van der Waals surface area (Å²) >= 11 is 0. The van der Waals surface area contributed by atoms with E-state index < -0.39 is 0 Å². The van der Waals surface area contributed by atoms with Crippen LogP contribution in [0.2, 0.25) is 0 Å². The first kappa shape index (κ1) is 13.7. The van der Waals surface area contributed by atoms with E-state index in [-0.39, 0.29) is 6.04 Å². The van der Waals surface area contributed by atoms with Crippen molar-refractivity contribution in [3.63, 3.8) is 0 Å². The first-order valence-corrected chi connectivity index (χ1v) is 6.44.